The van der Waals surface area contributed by atoms with Crippen molar-refractivity contribution in [1.82, 2.24) is 14.7 Å². The molecule has 8 heteroatoms. The molecule has 3 heterocycles. The Bertz CT molecular complexity index is 767. The van der Waals surface area contributed by atoms with Gasteiger partial charge >= 0.3 is 0 Å². The van der Waals surface area contributed by atoms with Gasteiger partial charge in [-0.3, -0.25) is 0 Å². The predicted octanol–water partition coefficient (Wildman–Crippen LogP) is 2.18. The number of aromatic nitrogens is 2. The molecule has 3 rings (SSSR count). The lowest BCUT2D eigenvalue weighted by Crippen LogP contribution is -2.25. The average molecular weight is 352 g/mol. The van der Waals surface area contributed by atoms with E-state index in [0.717, 1.165) is 30.2 Å². The Kier molecular flexibility index (Phi) is 4.93. The average Bonchev–Trinajstić information content (AvgIpc) is 3.24. The van der Waals surface area contributed by atoms with Gasteiger partial charge in [-0.2, -0.15) is 0 Å². The topological polar surface area (TPSA) is 75.2 Å². The maximum atomic E-state index is 12.3. The van der Waals surface area contributed by atoms with Crippen molar-refractivity contribution < 1.29 is 8.42 Å². The standard InChI is InChI=1S/C15H20N4O2S2/c1-2-12-5-6-15(22-12)23(20,21)17-11-13-16-8-7-14(18-13)19-9-3-4-10-19/h5-8,17H,2-4,9-11H2,1H3. The molecule has 1 aliphatic rings. The molecular formula is C15H20N4O2S2. The van der Waals surface area contributed by atoms with Crippen LogP contribution in [0.1, 0.15) is 30.5 Å². The SMILES string of the molecule is CCc1ccc(S(=O)(=O)NCc2nccc(N3CCCC3)n2)s1. The van der Waals surface area contributed by atoms with Crippen LogP contribution < -0.4 is 9.62 Å². The summed E-state index contributed by atoms with van der Waals surface area (Å²) in [6.45, 7) is 4.10. The van der Waals surface area contributed by atoms with Gasteiger partial charge in [0, 0.05) is 24.2 Å². The fraction of sp³-hybridized carbons (Fsp3) is 0.467. The van der Waals surface area contributed by atoms with Gasteiger partial charge in [0.25, 0.3) is 0 Å². The lowest BCUT2D eigenvalue weighted by Gasteiger charge is -2.16. The highest BCUT2D eigenvalue weighted by atomic mass is 32.2. The molecule has 23 heavy (non-hydrogen) atoms. The largest absolute Gasteiger partial charge is 0.357 e. The zero-order valence-corrected chi connectivity index (χ0v) is 14.7. The van der Waals surface area contributed by atoms with E-state index in [1.807, 2.05) is 19.1 Å². The van der Waals surface area contributed by atoms with Gasteiger partial charge in [0.1, 0.15) is 15.9 Å². The van der Waals surface area contributed by atoms with Gasteiger partial charge in [-0.25, -0.2) is 23.1 Å². The van der Waals surface area contributed by atoms with Crippen LogP contribution in [0.4, 0.5) is 5.82 Å². The van der Waals surface area contributed by atoms with Crippen molar-refractivity contribution >= 4 is 27.2 Å². The number of thiophene rings is 1. The summed E-state index contributed by atoms with van der Waals surface area (Å²) in [6, 6.07) is 5.37. The molecule has 0 spiro atoms. The van der Waals surface area contributed by atoms with Crippen LogP contribution in [0.15, 0.2) is 28.6 Å². The summed E-state index contributed by atoms with van der Waals surface area (Å²) in [7, 11) is -3.50. The summed E-state index contributed by atoms with van der Waals surface area (Å²) < 4.78 is 27.5. The number of nitrogens with zero attached hydrogens (tertiary/aromatic N) is 3. The smallest absolute Gasteiger partial charge is 0.250 e. The lowest BCUT2D eigenvalue weighted by atomic mass is 10.4. The summed E-state index contributed by atoms with van der Waals surface area (Å²) in [5.74, 6) is 1.36. The van der Waals surface area contributed by atoms with E-state index >= 15 is 0 Å². The third-order valence-corrected chi connectivity index (χ3v) is 6.91. The summed E-state index contributed by atoms with van der Waals surface area (Å²) in [5, 5.41) is 0. The van der Waals surface area contributed by atoms with Crippen LogP contribution in [0.5, 0.6) is 0 Å². The Morgan fingerprint density at radius 2 is 2.04 bits per heavy atom. The molecule has 1 fully saturated rings. The van der Waals surface area contributed by atoms with Crippen molar-refractivity contribution in [3.8, 4) is 0 Å². The summed E-state index contributed by atoms with van der Waals surface area (Å²) >= 11 is 1.30. The molecule has 0 bridgehead atoms. The second-order valence-corrected chi connectivity index (χ2v) is 8.59. The van der Waals surface area contributed by atoms with Gasteiger partial charge in [-0.1, -0.05) is 6.92 Å². The maximum absolute atomic E-state index is 12.3. The first kappa shape index (κ1) is 16.4. The first-order chi connectivity index (χ1) is 11.1. The fourth-order valence-corrected chi connectivity index (χ4v) is 4.84. The van der Waals surface area contributed by atoms with Crippen molar-refractivity contribution in [2.75, 3.05) is 18.0 Å². The minimum Gasteiger partial charge on any atom is -0.357 e. The molecule has 1 saturated heterocycles. The van der Waals surface area contributed by atoms with Crippen LogP contribution in [0.25, 0.3) is 0 Å². The van der Waals surface area contributed by atoms with Crippen molar-refractivity contribution in [2.45, 2.75) is 36.9 Å². The highest BCUT2D eigenvalue weighted by Crippen LogP contribution is 2.22. The highest BCUT2D eigenvalue weighted by molar-refractivity contribution is 7.91. The molecule has 0 aromatic carbocycles. The number of sulfonamides is 1. The van der Waals surface area contributed by atoms with Crippen LogP contribution in [0.2, 0.25) is 0 Å². The highest BCUT2D eigenvalue weighted by Gasteiger charge is 2.18. The van der Waals surface area contributed by atoms with Gasteiger partial charge in [0.15, 0.2) is 0 Å². The van der Waals surface area contributed by atoms with E-state index < -0.39 is 10.0 Å². The zero-order valence-electron chi connectivity index (χ0n) is 13.0. The van der Waals surface area contributed by atoms with Crippen LogP contribution in [-0.4, -0.2) is 31.5 Å². The fourth-order valence-electron chi connectivity index (χ4n) is 2.52. The second-order valence-electron chi connectivity index (χ2n) is 5.42. The Labute approximate surface area is 140 Å². The minimum absolute atomic E-state index is 0.101. The molecule has 2 aromatic heterocycles. The van der Waals surface area contributed by atoms with Gasteiger partial charge < -0.3 is 4.90 Å². The number of hydrogen-bond acceptors (Lipinski definition) is 6. The first-order valence-electron chi connectivity index (χ1n) is 7.74. The third kappa shape index (κ3) is 3.88. The minimum atomic E-state index is -3.50. The Morgan fingerprint density at radius 1 is 1.26 bits per heavy atom. The van der Waals surface area contributed by atoms with E-state index in [-0.39, 0.29) is 6.54 Å². The van der Waals surface area contributed by atoms with E-state index in [9.17, 15) is 8.42 Å². The third-order valence-electron chi connectivity index (χ3n) is 3.79. The normalized spacial score (nSPS) is 15.3. The number of aryl methyl sites for hydroxylation is 1. The van der Waals surface area contributed by atoms with E-state index in [0.29, 0.717) is 10.0 Å². The van der Waals surface area contributed by atoms with E-state index in [1.165, 1.54) is 24.2 Å². The van der Waals surface area contributed by atoms with Crippen LogP contribution in [0, 0.1) is 0 Å². The zero-order chi connectivity index (χ0) is 16.3. The molecule has 0 radical (unpaired) electrons. The molecular weight excluding hydrogens is 332 g/mol. The molecule has 0 amide bonds. The van der Waals surface area contributed by atoms with Gasteiger partial charge in [-0.15, -0.1) is 11.3 Å². The number of anilines is 1. The summed E-state index contributed by atoms with van der Waals surface area (Å²) in [4.78, 5) is 11.9. The Balaban J connectivity index is 1.68. The quantitative estimate of drug-likeness (QED) is 0.862. The molecule has 0 atom stereocenters. The molecule has 0 aliphatic carbocycles. The Morgan fingerprint density at radius 3 is 2.74 bits per heavy atom. The number of nitrogens with one attached hydrogen (secondary N) is 1. The molecule has 2 aromatic rings. The summed E-state index contributed by atoms with van der Waals surface area (Å²) in [6.07, 6.45) is 4.86. The van der Waals surface area contributed by atoms with Gasteiger partial charge in [-0.05, 0) is 37.5 Å². The molecule has 0 unspecified atom stereocenters. The van der Waals surface area contributed by atoms with Crippen LogP contribution in [0.3, 0.4) is 0 Å². The monoisotopic (exact) mass is 352 g/mol. The molecule has 0 saturated carbocycles. The van der Waals surface area contributed by atoms with E-state index in [1.54, 1.807) is 12.3 Å². The second kappa shape index (κ2) is 6.94. The van der Waals surface area contributed by atoms with Crippen molar-refractivity contribution in [3.63, 3.8) is 0 Å². The predicted molar refractivity (Wildman–Crippen MR) is 91.2 cm³/mol. The Hall–Kier alpha value is -1.51. The first-order valence-corrected chi connectivity index (χ1v) is 10.0. The molecule has 1 N–H and O–H groups in total. The van der Waals surface area contributed by atoms with Crippen LogP contribution >= 0.6 is 11.3 Å². The van der Waals surface area contributed by atoms with E-state index in [2.05, 4.69) is 19.6 Å². The molecule has 124 valence electrons. The summed E-state index contributed by atoms with van der Waals surface area (Å²) in [5.41, 5.74) is 0. The van der Waals surface area contributed by atoms with Crippen LogP contribution in [-0.2, 0) is 23.0 Å². The molecule has 1 aliphatic heterocycles. The van der Waals surface area contributed by atoms with Crippen molar-refractivity contribution in [1.29, 1.82) is 0 Å². The van der Waals surface area contributed by atoms with Crippen molar-refractivity contribution in [3.05, 3.63) is 35.1 Å². The molecule has 6 nitrogen and oxygen atoms in total. The van der Waals surface area contributed by atoms with E-state index in [4.69, 9.17) is 0 Å². The number of rotatable bonds is 6. The number of hydrogen-bond donors (Lipinski definition) is 1. The maximum Gasteiger partial charge on any atom is 0.250 e. The van der Waals surface area contributed by atoms with Gasteiger partial charge in [0.05, 0.1) is 6.54 Å². The van der Waals surface area contributed by atoms with Crippen molar-refractivity contribution in [2.24, 2.45) is 0 Å². The van der Waals surface area contributed by atoms with Gasteiger partial charge in [0.2, 0.25) is 10.0 Å². The lowest BCUT2D eigenvalue weighted by molar-refractivity contribution is 0.581.